The van der Waals surface area contributed by atoms with E-state index in [1.165, 1.54) is 0 Å². The Balaban J connectivity index is 2.10. The van der Waals surface area contributed by atoms with E-state index >= 15 is 0 Å². The molecule has 120 valence electrons. The maximum Gasteiger partial charge on any atom is 0.161 e. The summed E-state index contributed by atoms with van der Waals surface area (Å²) in [6.07, 6.45) is 3.20. The van der Waals surface area contributed by atoms with Gasteiger partial charge in [-0.1, -0.05) is 12.1 Å². The minimum atomic E-state index is 0.540. The van der Waals surface area contributed by atoms with Gasteiger partial charge >= 0.3 is 0 Å². The van der Waals surface area contributed by atoms with Gasteiger partial charge in [0.2, 0.25) is 0 Å². The molecule has 0 atom stereocenters. The van der Waals surface area contributed by atoms with Gasteiger partial charge in [-0.15, -0.1) is 0 Å². The largest absolute Gasteiger partial charge is 0.493 e. The van der Waals surface area contributed by atoms with Crippen LogP contribution in [0.5, 0.6) is 11.5 Å². The van der Waals surface area contributed by atoms with Crippen molar-refractivity contribution in [2.45, 2.75) is 6.92 Å². The Labute approximate surface area is 140 Å². The highest BCUT2D eigenvalue weighted by molar-refractivity contribution is 5.88. The van der Waals surface area contributed by atoms with Gasteiger partial charge in [0.1, 0.15) is 5.58 Å². The van der Waals surface area contributed by atoms with E-state index in [4.69, 9.17) is 13.9 Å². The molecule has 0 amide bonds. The molecule has 0 N–H and O–H groups in total. The van der Waals surface area contributed by atoms with Crippen LogP contribution >= 0.6 is 0 Å². The fraction of sp³-hybridized carbons (Fsp3) is 0.150. The molecule has 3 rings (SSSR count). The molecule has 0 saturated carbocycles. The van der Waals surface area contributed by atoms with E-state index in [2.05, 4.69) is 6.07 Å². The van der Waals surface area contributed by atoms with Crippen molar-refractivity contribution >= 4 is 16.5 Å². The summed E-state index contributed by atoms with van der Waals surface area (Å²) < 4.78 is 16.3. The molecule has 3 aromatic rings. The lowest BCUT2D eigenvalue weighted by molar-refractivity contribution is 0.311. The highest BCUT2D eigenvalue weighted by Gasteiger charge is 2.11. The molecule has 0 fully saturated rings. The molecule has 0 bridgehead atoms. The molecule has 0 unspecified atom stereocenters. The topological polar surface area (TPSA) is 55.4 Å². The Morgan fingerprint density at radius 2 is 1.92 bits per heavy atom. The summed E-state index contributed by atoms with van der Waals surface area (Å²) in [5, 5.41) is 10.2. The molecule has 0 aliphatic carbocycles. The van der Waals surface area contributed by atoms with Gasteiger partial charge in [-0.2, -0.15) is 5.26 Å². The molecule has 0 saturated heterocycles. The molecule has 2 aromatic carbocycles. The van der Waals surface area contributed by atoms with Gasteiger partial charge in [0.05, 0.1) is 26.0 Å². The zero-order chi connectivity index (χ0) is 16.9. The van der Waals surface area contributed by atoms with Crippen LogP contribution in [-0.4, -0.2) is 13.7 Å². The van der Waals surface area contributed by atoms with Crippen LogP contribution in [-0.2, 0) is 0 Å². The number of hydrogen-bond acceptors (Lipinski definition) is 4. The number of rotatable bonds is 5. The van der Waals surface area contributed by atoms with Crippen molar-refractivity contribution in [3.05, 3.63) is 65.9 Å². The van der Waals surface area contributed by atoms with Crippen LogP contribution in [0.3, 0.4) is 0 Å². The number of methoxy groups -OCH3 is 1. The minimum absolute atomic E-state index is 0.540. The Morgan fingerprint density at radius 3 is 2.67 bits per heavy atom. The normalized spacial score (nSPS) is 11.3. The lowest BCUT2D eigenvalue weighted by atomic mass is 9.96. The second-order valence-electron chi connectivity index (χ2n) is 5.16. The highest BCUT2D eigenvalue weighted by Crippen LogP contribution is 2.34. The van der Waals surface area contributed by atoms with Crippen molar-refractivity contribution in [3.8, 4) is 17.6 Å². The third kappa shape index (κ3) is 2.97. The van der Waals surface area contributed by atoms with Crippen LogP contribution in [0, 0.1) is 11.3 Å². The number of nitrogens with zero attached hydrogens (tertiary/aromatic N) is 1. The molecule has 1 heterocycles. The molecule has 4 heteroatoms. The van der Waals surface area contributed by atoms with Crippen molar-refractivity contribution in [1.29, 1.82) is 5.26 Å². The predicted octanol–water partition coefficient (Wildman–Crippen LogP) is 4.80. The number of furan rings is 1. The van der Waals surface area contributed by atoms with Crippen LogP contribution in [0.2, 0.25) is 0 Å². The van der Waals surface area contributed by atoms with Gasteiger partial charge in [0.15, 0.2) is 11.5 Å². The summed E-state index contributed by atoms with van der Waals surface area (Å²) in [6, 6.07) is 15.6. The number of nitriles is 1. The standard InChI is InChI=1S/C20H17NO3/c1-3-23-20-13-15(5-7-19(20)22-2)17(8-10-21)14-4-6-18-16(12-14)9-11-24-18/h4-9,11-13H,3H2,1-2H3/b17-8-. The first-order chi connectivity index (χ1) is 11.8. The molecular formula is C20H17NO3. The fourth-order valence-corrected chi connectivity index (χ4v) is 2.64. The Kier molecular flexibility index (Phi) is 4.53. The SMILES string of the molecule is CCOc1cc(/C(=C\C#N)c2ccc3occc3c2)ccc1OC. The van der Waals surface area contributed by atoms with Gasteiger partial charge in [-0.25, -0.2) is 0 Å². The lowest BCUT2D eigenvalue weighted by Crippen LogP contribution is -1.97. The number of benzene rings is 2. The monoisotopic (exact) mass is 319 g/mol. The first kappa shape index (κ1) is 15.7. The molecular weight excluding hydrogens is 302 g/mol. The summed E-state index contributed by atoms with van der Waals surface area (Å²) in [4.78, 5) is 0. The highest BCUT2D eigenvalue weighted by atomic mass is 16.5. The zero-order valence-corrected chi connectivity index (χ0v) is 13.6. The predicted molar refractivity (Wildman–Crippen MR) is 93.1 cm³/mol. The van der Waals surface area contributed by atoms with E-state index in [1.807, 2.05) is 49.4 Å². The van der Waals surface area contributed by atoms with Crippen LogP contribution in [0.15, 0.2) is 59.2 Å². The van der Waals surface area contributed by atoms with Gasteiger partial charge in [-0.05, 0) is 54.0 Å². The first-order valence-electron chi connectivity index (χ1n) is 7.65. The van der Waals surface area contributed by atoms with E-state index in [9.17, 15) is 5.26 Å². The molecule has 0 spiro atoms. The van der Waals surface area contributed by atoms with Crippen molar-refractivity contribution in [2.24, 2.45) is 0 Å². The maximum atomic E-state index is 9.21. The van der Waals surface area contributed by atoms with E-state index in [1.54, 1.807) is 19.4 Å². The molecule has 0 aliphatic heterocycles. The first-order valence-corrected chi connectivity index (χ1v) is 7.65. The van der Waals surface area contributed by atoms with Crippen molar-refractivity contribution in [2.75, 3.05) is 13.7 Å². The van der Waals surface area contributed by atoms with Crippen LogP contribution < -0.4 is 9.47 Å². The van der Waals surface area contributed by atoms with Crippen LogP contribution in [0.1, 0.15) is 18.1 Å². The molecule has 0 aliphatic rings. The smallest absolute Gasteiger partial charge is 0.161 e. The van der Waals surface area contributed by atoms with Gasteiger partial charge < -0.3 is 13.9 Å². The third-order valence-corrected chi connectivity index (χ3v) is 3.75. The summed E-state index contributed by atoms with van der Waals surface area (Å²) >= 11 is 0. The zero-order valence-electron chi connectivity index (χ0n) is 13.6. The fourth-order valence-electron chi connectivity index (χ4n) is 2.64. The number of fused-ring (bicyclic) bond motifs is 1. The third-order valence-electron chi connectivity index (χ3n) is 3.75. The van der Waals surface area contributed by atoms with Crippen molar-refractivity contribution < 1.29 is 13.9 Å². The Morgan fingerprint density at radius 1 is 1.12 bits per heavy atom. The van der Waals surface area contributed by atoms with E-state index < -0.39 is 0 Å². The minimum Gasteiger partial charge on any atom is -0.493 e. The second kappa shape index (κ2) is 6.93. The lowest BCUT2D eigenvalue weighted by Gasteiger charge is -2.13. The quantitative estimate of drug-likeness (QED) is 0.634. The maximum absolute atomic E-state index is 9.21. The summed E-state index contributed by atoms with van der Waals surface area (Å²) in [7, 11) is 1.61. The molecule has 0 radical (unpaired) electrons. The summed E-state index contributed by atoms with van der Waals surface area (Å²) in [5.74, 6) is 1.33. The summed E-state index contributed by atoms with van der Waals surface area (Å²) in [5.41, 5.74) is 3.48. The van der Waals surface area contributed by atoms with E-state index in [-0.39, 0.29) is 0 Å². The number of hydrogen-bond donors (Lipinski definition) is 0. The van der Waals surface area contributed by atoms with E-state index in [0.29, 0.717) is 18.1 Å². The number of ether oxygens (including phenoxy) is 2. The van der Waals surface area contributed by atoms with Crippen molar-refractivity contribution in [3.63, 3.8) is 0 Å². The summed E-state index contributed by atoms with van der Waals surface area (Å²) in [6.45, 7) is 2.46. The Bertz CT molecular complexity index is 931. The Hall–Kier alpha value is -3.19. The van der Waals surface area contributed by atoms with Crippen LogP contribution in [0.25, 0.3) is 16.5 Å². The molecule has 24 heavy (non-hydrogen) atoms. The average Bonchev–Trinajstić information content (AvgIpc) is 3.07. The molecule has 1 aromatic heterocycles. The van der Waals surface area contributed by atoms with Crippen molar-refractivity contribution in [1.82, 2.24) is 0 Å². The number of allylic oxidation sites excluding steroid dienone is 1. The second-order valence-corrected chi connectivity index (χ2v) is 5.16. The van der Waals surface area contributed by atoms with Gasteiger partial charge in [-0.3, -0.25) is 0 Å². The molecule has 4 nitrogen and oxygen atoms in total. The average molecular weight is 319 g/mol. The van der Waals surface area contributed by atoms with Gasteiger partial charge in [0.25, 0.3) is 0 Å². The van der Waals surface area contributed by atoms with Crippen LogP contribution in [0.4, 0.5) is 0 Å². The van der Waals surface area contributed by atoms with Gasteiger partial charge in [0, 0.05) is 11.5 Å². The van der Waals surface area contributed by atoms with E-state index in [0.717, 1.165) is 27.7 Å².